The van der Waals surface area contributed by atoms with Crippen LogP contribution in [0.15, 0.2) is 48.7 Å². The molecule has 0 spiro atoms. The number of para-hydroxylation sites is 1. The second kappa shape index (κ2) is 8.42. The van der Waals surface area contributed by atoms with E-state index < -0.39 is 5.97 Å². The first-order chi connectivity index (χ1) is 14.2. The number of aromatic nitrogens is 3. The van der Waals surface area contributed by atoms with E-state index in [1.54, 1.807) is 31.2 Å². The molecule has 148 valence electrons. The van der Waals surface area contributed by atoms with Gasteiger partial charge in [-0.15, -0.1) is 5.10 Å². The maximum absolute atomic E-state index is 12.1. The summed E-state index contributed by atoms with van der Waals surface area (Å²) in [7, 11) is 0. The van der Waals surface area contributed by atoms with Crippen LogP contribution in [0.5, 0.6) is 11.5 Å². The Kier molecular flexibility index (Phi) is 5.37. The van der Waals surface area contributed by atoms with E-state index in [1.165, 1.54) is 6.20 Å². The molecule has 0 bridgehead atoms. The molecule has 0 unspecified atom stereocenters. The van der Waals surface area contributed by atoms with Crippen LogP contribution in [0.1, 0.15) is 22.8 Å². The van der Waals surface area contributed by atoms with Crippen LogP contribution in [0, 0.1) is 0 Å². The van der Waals surface area contributed by atoms with Crippen molar-refractivity contribution in [1.29, 1.82) is 0 Å². The van der Waals surface area contributed by atoms with Crippen molar-refractivity contribution in [3.8, 4) is 11.5 Å². The maximum atomic E-state index is 12.1. The molecule has 9 heteroatoms. The van der Waals surface area contributed by atoms with E-state index in [4.69, 9.17) is 14.2 Å². The highest BCUT2D eigenvalue weighted by Gasteiger charge is 2.14. The molecule has 1 aromatic heterocycles. The second-order valence-electron chi connectivity index (χ2n) is 6.10. The highest BCUT2D eigenvalue weighted by atomic mass is 16.7. The number of carbonyl (C=O) groups is 1. The van der Waals surface area contributed by atoms with Gasteiger partial charge in [-0.25, -0.2) is 4.79 Å². The van der Waals surface area contributed by atoms with Crippen LogP contribution < -0.4 is 20.1 Å². The zero-order chi connectivity index (χ0) is 20.1. The number of nitrogens with zero attached hydrogens (tertiary/aromatic N) is 3. The van der Waals surface area contributed by atoms with E-state index in [0.29, 0.717) is 30.2 Å². The minimum atomic E-state index is -0.416. The fraction of sp³-hybridized carbons (Fsp3) is 0.200. The first-order valence-corrected chi connectivity index (χ1v) is 9.08. The van der Waals surface area contributed by atoms with Gasteiger partial charge in [-0.2, -0.15) is 10.1 Å². The van der Waals surface area contributed by atoms with E-state index in [1.807, 2.05) is 18.2 Å². The zero-order valence-corrected chi connectivity index (χ0v) is 15.7. The fourth-order valence-corrected chi connectivity index (χ4v) is 2.78. The first-order valence-electron chi connectivity index (χ1n) is 9.08. The summed E-state index contributed by atoms with van der Waals surface area (Å²) in [6.07, 6.45) is 1.52. The summed E-state index contributed by atoms with van der Waals surface area (Å²) in [5, 5.41) is 14.2. The molecular weight excluding hydrogens is 374 g/mol. The SMILES string of the molecule is CCOC(=O)c1ccccc1Nc1nncc(NCc2ccc3c(c2)OCO3)n1. The number of fused-ring (bicyclic) bond motifs is 1. The smallest absolute Gasteiger partial charge is 0.340 e. The van der Waals surface area contributed by atoms with Gasteiger partial charge in [0.05, 0.1) is 24.1 Å². The Balaban J connectivity index is 1.45. The fourth-order valence-electron chi connectivity index (χ4n) is 2.78. The lowest BCUT2D eigenvalue weighted by atomic mass is 10.2. The minimum Gasteiger partial charge on any atom is -0.462 e. The van der Waals surface area contributed by atoms with Gasteiger partial charge in [-0.3, -0.25) is 0 Å². The molecule has 29 heavy (non-hydrogen) atoms. The Hall–Kier alpha value is -3.88. The lowest BCUT2D eigenvalue weighted by molar-refractivity contribution is 0.0527. The van der Waals surface area contributed by atoms with E-state index in [0.717, 1.165) is 17.1 Å². The molecule has 2 aromatic carbocycles. The van der Waals surface area contributed by atoms with Crippen LogP contribution in [0.4, 0.5) is 17.5 Å². The number of benzene rings is 2. The number of carbonyl (C=O) groups excluding carboxylic acids is 1. The molecule has 0 radical (unpaired) electrons. The molecule has 2 heterocycles. The summed E-state index contributed by atoms with van der Waals surface area (Å²) >= 11 is 0. The Bertz CT molecular complexity index is 1030. The third-order valence-corrected chi connectivity index (χ3v) is 4.14. The topological polar surface area (TPSA) is 107 Å². The van der Waals surface area contributed by atoms with Crippen molar-refractivity contribution in [2.24, 2.45) is 0 Å². The van der Waals surface area contributed by atoms with Gasteiger partial charge >= 0.3 is 5.97 Å². The van der Waals surface area contributed by atoms with Gasteiger partial charge in [-0.1, -0.05) is 18.2 Å². The van der Waals surface area contributed by atoms with Gasteiger partial charge in [0.2, 0.25) is 12.7 Å². The Labute approximate surface area is 167 Å². The quantitative estimate of drug-likeness (QED) is 0.585. The summed E-state index contributed by atoms with van der Waals surface area (Å²) in [5.74, 6) is 1.85. The van der Waals surface area contributed by atoms with Crippen molar-refractivity contribution in [3.63, 3.8) is 0 Å². The van der Waals surface area contributed by atoms with Crippen molar-refractivity contribution >= 4 is 23.4 Å². The van der Waals surface area contributed by atoms with Gasteiger partial charge in [0.1, 0.15) is 0 Å². The van der Waals surface area contributed by atoms with Crippen LogP contribution in [0.3, 0.4) is 0 Å². The Morgan fingerprint density at radius 3 is 2.93 bits per heavy atom. The van der Waals surface area contributed by atoms with Crippen molar-refractivity contribution in [3.05, 3.63) is 59.8 Å². The Morgan fingerprint density at radius 2 is 2.03 bits per heavy atom. The predicted octanol–water partition coefficient (Wildman–Crippen LogP) is 3.13. The van der Waals surface area contributed by atoms with E-state index >= 15 is 0 Å². The van der Waals surface area contributed by atoms with Crippen LogP contribution in [-0.4, -0.2) is 34.6 Å². The highest BCUT2D eigenvalue weighted by molar-refractivity contribution is 5.96. The molecule has 0 saturated heterocycles. The summed E-state index contributed by atoms with van der Waals surface area (Å²) in [6.45, 7) is 2.82. The van der Waals surface area contributed by atoms with E-state index in [-0.39, 0.29) is 12.7 Å². The molecule has 0 amide bonds. The summed E-state index contributed by atoms with van der Waals surface area (Å²) in [6, 6.07) is 12.7. The van der Waals surface area contributed by atoms with Gasteiger partial charge in [0, 0.05) is 6.54 Å². The lowest BCUT2D eigenvalue weighted by Gasteiger charge is -2.11. The molecule has 1 aliphatic rings. The van der Waals surface area contributed by atoms with Crippen molar-refractivity contribution in [2.75, 3.05) is 24.0 Å². The minimum absolute atomic E-state index is 0.240. The maximum Gasteiger partial charge on any atom is 0.340 e. The number of hydrogen-bond donors (Lipinski definition) is 2. The number of rotatable bonds is 7. The van der Waals surface area contributed by atoms with Crippen molar-refractivity contribution in [2.45, 2.75) is 13.5 Å². The largest absolute Gasteiger partial charge is 0.462 e. The molecule has 1 aliphatic heterocycles. The van der Waals surface area contributed by atoms with Crippen molar-refractivity contribution in [1.82, 2.24) is 15.2 Å². The summed E-state index contributed by atoms with van der Waals surface area (Å²) in [5.41, 5.74) is 1.95. The second-order valence-corrected chi connectivity index (χ2v) is 6.10. The average Bonchev–Trinajstić information content (AvgIpc) is 3.21. The van der Waals surface area contributed by atoms with E-state index in [2.05, 4.69) is 25.8 Å². The third kappa shape index (κ3) is 4.34. The molecule has 0 aliphatic carbocycles. The van der Waals surface area contributed by atoms with Crippen LogP contribution >= 0.6 is 0 Å². The third-order valence-electron chi connectivity index (χ3n) is 4.14. The Morgan fingerprint density at radius 1 is 1.17 bits per heavy atom. The molecule has 0 atom stereocenters. The van der Waals surface area contributed by atoms with Crippen LogP contribution in [-0.2, 0) is 11.3 Å². The zero-order valence-electron chi connectivity index (χ0n) is 15.7. The lowest BCUT2D eigenvalue weighted by Crippen LogP contribution is -2.10. The molecule has 9 nitrogen and oxygen atoms in total. The molecule has 3 aromatic rings. The highest BCUT2D eigenvalue weighted by Crippen LogP contribution is 2.32. The first kappa shape index (κ1) is 18.5. The van der Waals surface area contributed by atoms with Crippen molar-refractivity contribution < 1.29 is 19.0 Å². The number of esters is 1. The molecule has 2 N–H and O–H groups in total. The summed E-state index contributed by atoms with van der Waals surface area (Å²) < 4.78 is 15.8. The van der Waals surface area contributed by atoms with Gasteiger partial charge in [-0.05, 0) is 36.8 Å². The molecule has 4 rings (SSSR count). The number of anilines is 3. The van der Waals surface area contributed by atoms with Crippen LogP contribution in [0.25, 0.3) is 0 Å². The molecule has 0 saturated carbocycles. The monoisotopic (exact) mass is 393 g/mol. The van der Waals surface area contributed by atoms with E-state index in [9.17, 15) is 4.79 Å². The number of nitrogens with one attached hydrogen (secondary N) is 2. The number of hydrogen-bond acceptors (Lipinski definition) is 9. The summed E-state index contributed by atoms with van der Waals surface area (Å²) in [4.78, 5) is 16.5. The molecular formula is C20H19N5O4. The van der Waals surface area contributed by atoms with Crippen LogP contribution in [0.2, 0.25) is 0 Å². The van der Waals surface area contributed by atoms with Gasteiger partial charge in [0.15, 0.2) is 17.3 Å². The normalized spacial score (nSPS) is 11.8. The molecule has 0 fully saturated rings. The predicted molar refractivity (Wildman–Crippen MR) is 105 cm³/mol. The number of ether oxygens (including phenoxy) is 3. The van der Waals surface area contributed by atoms with Gasteiger partial charge in [0.25, 0.3) is 0 Å². The average molecular weight is 393 g/mol. The van der Waals surface area contributed by atoms with Gasteiger partial charge < -0.3 is 24.8 Å². The standard InChI is InChI=1S/C20H19N5O4/c1-2-27-19(26)14-5-3-4-6-15(14)23-20-24-18(11-22-25-20)21-10-13-7-8-16-17(9-13)29-12-28-16/h3-9,11H,2,10,12H2,1H3,(H2,21,23,24,25).